The van der Waals surface area contributed by atoms with Crippen molar-refractivity contribution in [2.24, 2.45) is 0 Å². The van der Waals surface area contributed by atoms with Crippen LogP contribution < -0.4 is 5.32 Å². The van der Waals surface area contributed by atoms with Gasteiger partial charge in [0.05, 0.1) is 6.54 Å². The summed E-state index contributed by atoms with van der Waals surface area (Å²) in [5.74, 6) is 0.129. The van der Waals surface area contributed by atoms with Crippen molar-refractivity contribution in [3.05, 3.63) is 21.4 Å². The lowest BCUT2D eigenvalue weighted by atomic mass is 10.2. The number of carbonyl (C=O) groups excluding carboxylic acids is 1. The van der Waals surface area contributed by atoms with Crippen LogP contribution in [0.4, 0.5) is 0 Å². The molecule has 88 valence electrons. The lowest BCUT2D eigenvalue weighted by Crippen LogP contribution is -2.32. The van der Waals surface area contributed by atoms with E-state index < -0.39 is 0 Å². The van der Waals surface area contributed by atoms with E-state index in [9.17, 15) is 4.79 Å². The van der Waals surface area contributed by atoms with Crippen LogP contribution in [0.15, 0.2) is 6.07 Å². The molecule has 0 spiro atoms. The van der Waals surface area contributed by atoms with E-state index in [1.807, 2.05) is 11.3 Å². The van der Waals surface area contributed by atoms with Gasteiger partial charge in [-0.25, -0.2) is 0 Å². The maximum Gasteiger partial charge on any atom is 0.236 e. The van der Waals surface area contributed by atoms with Crippen LogP contribution in [-0.4, -0.2) is 31.4 Å². The molecule has 1 aromatic heterocycles. The second kappa shape index (κ2) is 4.97. The molecule has 1 aromatic rings. The van der Waals surface area contributed by atoms with Crippen molar-refractivity contribution >= 4 is 17.2 Å². The standard InChI is InChI=1S/C12H18N2OS/c1-14(2)12(15)8-13-7-10-6-9-4-3-5-11(9)16-10/h6,13H,3-5,7-8H2,1-2H3. The summed E-state index contributed by atoms with van der Waals surface area (Å²) in [4.78, 5) is 15.9. The van der Waals surface area contributed by atoms with Gasteiger partial charge in [0, 0.05) is 30.4 Å². The Morgan fingerprint density at radius 3 is 3.00 bits per heavy atom. The van der Waals surface area contributed by atoms with Gasteiger partial charge >= 0.3 is 0 Å². The van der Waals surface area contributed by atoms with Crippen LogP contribution in [0.5, 0.6) is 0 Å². The Morgan fingerprint density at radius 2 is 2.31 bits per heavy atom. The van der Waals surface area contributed by atoms with Gasteiger partial charge in [0.1, 0.15) is 0 Å². The number of amides is 1. The summed E-state index contributed by atoms with van der Waals surface area (Å²) in [6, 6.07) is 2.29. The van der Waals surface area contributed by atoms with E-state index in [-0.39, 0.29) is 5.91 Å². The molecule has 0 saturated carbocycles. The highest BCUT2D eigenvalue weighted by molar-refractivity contribution is 7.12. The Labute approximate surface area is 100 Å². The van der Waals surface area contributed by atoms with E-state index >= 15 is 0 Å². The van der Waals surface area contributed by atoms with Crippen LogP contribution in [0.3, 0.4) is 0 Å². The number of nitrogens with one attached hydrogen (secondary N) is 1. The molecule has 16 heavy (non-hydrogen) atoms. The number of aryl methyl sites for hydroxylation is 2. The lowest BCUT2D eigenvalue weighted by Gasteiger charge is -2.10. The summed E-state index contributed by atoms with van der Waals surface area (Å²) in [6.45, 7) is 1.24. The minimum atomic E-state index is 0.129. The zero-order chi connectivity index (χ0) is 11.5. The molecule has 1 heterocycles. The summed E-state index contributed by atoms with van der Waals surface area (Å²) < 4.78 is 0. The largest absolute Gasteiger partial charge is 0.348 e. The van der Waals surface area contributed by atoms with Gasteiger partial charge in [0.15, 0.2) is 0 Å². The highest BCUT2D eigenvalue weighted by Gasteiger charge is 2.14. The third-order valence-corrected chi connectivity index (χ3v) is 4.11. The second-order valence-corrected chi connectivity index (χ2v) is 5.63. The van der Waals surface area contributed by atoms with Gasteiger partial charge in [0.25, 0.3) is 0 Å². The van der Waals surface area contributed by atoms with Gasteiger partial charge in [-0.1, -0.05) is 0 Å². The monoisotopic (exact) mass is 238 g/mol. The number of carbonyl (C=O) groups is 1. The summed E-state index contributed by atoms with van der Waals surface area (Å²) >= 11 is 1.89. The molecule has 3 nitrogen and oxygen atoms in total. The van der Waals surface area contributed by atoms with E-state index in [0.29, 0.717) is 6.54 Å². The van der Waals surface area contributed by atoms with E-state index in [4.69, 9.17) is 0 Å². The van der Waals surface area contributed by atoms with Crippen LogP contribution >= 0.6 is 11.3 Å². The Hall–Kier alpha value is -0.870. The molecule has 0 aliphatic heterocycles. The van der Waals surface area contributed by atoms with E-state index in [0.717, 1.165) is 6.54 Å². The first-order valence-electron chi connectivity index (χ1n) is 5.68. The average Bonchev–Trinajstić information content (AvgIpc) is 2.77. The van der Waals surface area contributed by atoms with Gasteiger partial charge in [0.2, 0.25) is 5.91 Å². The number of hydrogen-bond acceptors (Lipinski definition) is 3. The minimum absolute atomic E-state index is 0.129. The number of rotatable bonds is 4. The normalized spacial score (nSPS) is 13.9. The molecule has 4 heteroatoms. The minimum Gasteiger partial charge on any atom is -0.348 e. The van der Waals surface area contributed by atoms with E-state index in [2.05, 4.69) is 11.4 Å². The SMILES string of the molecule is CN(C)C(=O)CNCc1cc2c(s1)CCC2. The predicted octanol–water partition coefficient (Wildman–Crippen LogP) is 1.41. The highest BCUT2D eigenvalue weighted by atomic mass is 32.1. The van der Waals surface area contributed by atoms with Gasteiger partial charge in [-0.2, -0.15) is 0 Å². The second-order valence-electron chi connectivity index (χ2n) is 4.41. The average molecular weight is 238 g/mol. The van der Waals surface area contributed by atoms with Crippen LogP contribution in [-0.2, 0) is 24.2 Å². The third-order valence-electron chi connectivity index (χ3n) is 2.87. The van der Waals surface area contributed by atoms with Gasteiger partial charge in [-0.3, -0.25) is 4.79 Å². The molecular formula is C12H18N2OS. The molecule has 0 atom stereocenters. The molecule has 0 unspecified atom stereocenters. The first-order valence-corrected chi connectivity index (χ1v) is 6.50. The van der Waals surface area contributed by atoms with Crippen molar-refractivity contribution in [1.29, 1.82) is 0 Å². The van der Waals surface area contributed by atoms with Gasteiger partial charge < -0.3 is 10.2 Å². The van der Waals surface area contributed by atoms with Crippen LogP contribution in [0.25, 0.3) is 0 Å². The van der Waals surface area contributed by atoms with Crippen LogP contribution in [0.1, 0.15) is 21.7 Å². The number of likely N-dealkylation sites (N-methyl/N-ethyl adjacent to an activating group) is 1. The van der Waals surface area contributed by atoms with Crippen LogP contribution in [0.2, 0.25) is 0 Å². The molecule has 0 radical (unpaired) electrons. The smallest absolute Gasteiger partial charge is 0.236 e. The van der Waals surface area contributed by atoms with Crippen molar-refractivity contribution in [1.82, 2.24) is 10.2 Å². The molecule has 2 rings (SSSR count). The Balaban J connectivity index is 1.79. The van der Waals surface area contributed by atoms with Crippen molar-refractivity contribution < 1.29 is 4.79 Å². The molecule has 0 saturated heterocycles. The fraction of sp³-hybridized carbons (Fsp3) is 0.583. The molecular weight excluding hydrogens is 220 g/mol. The zero-order valence-corrected chi connectivity index (χ0v) is 10.7. The van der Waals surface area contributed by atoms with Gasteiger partial charge in [-0.15, -0.1) is 11.3 Å². The summed E-state index contributed by atoms with van der Waals surface area (Å²) in [6.07, 6.45) is 3.80. The molecule has 1 aliphatic rings. The Bertz CT molecular complexity index is 363. The topological polar surface area (TPSA) is 32.3 Å². The van der Waals surface area contributed by atoms with E-state index in [1.165, 1.54) is 29.7 Å². The summed E-state index contributed by atoms with van der Waals surface area (Å²) in [5.41, 5.74) is 1.53. The summed E-state index contributed by atoms with van der Waals surface area (Å²) in [5, 5.41) is 3.19. The highest BCUT2D eigenvalue weighted by Crippen LogP contribution is 2.30. The van der Waals surface area contributed by atoms with Crippen molar-refractivity contribution in [3.63, 3.8) is 0 Å². The molecule has 1 aliphatic carbocycles. The van der Waals surface area contributed by atoms with Gasteiger partial charge in [-0.05, 0) is 30.9 Å². The first-order chi connectivity index (χ1) is 7.66. The maximum absolute atomic E-state index is 11.3. The molecule has 0 aromatic carbocycles. The quantitative estimate of drug-likeness (QED) is 0.860. The zero-order valence-electron chi connectivity index (χ0n) is 9.88. The number of hydrogen-bond donors (Lipinski definition) is 1. The molecule has 1 N–H and O–H groups in total. The molecule has 0 fully saturated rings. The predicted molar refractivity (Wildman–Crippen MR) is 66.7 cm³/mol. The number of fused-ring (bicyclic) bond motifs is 1. The van der Waals surface area contributed by atoms with Crippen molar-refractivity contribution in [2.45, 2.75) is 25.8 Å². The third kappa shape index (κ3) is 2.62. The van der Waals surface area contributed by atoms with Crippen molar-refractivity contribution in [3.8, 4) is 0 Å². The van der Waals surface area contributed by atoms with Crippen LogP contribution in [0, 0.1) is 0 Å². The lowest BCUT2D eigenvalue weighted by molar-refractivity contribution is -0.127. The fourth-order valence-corrected chi connectivity index (χ4v) is 3.16. The summed E-state index contributed by atoms with van der Waals surface area (Å²) in [7, 11) is 3.56. The number of nitrogens with zero attached hydrogens (tertiary/aromatic N) is 1. The first kappa shape index (κ1) is 11.6. The maximum atomic E-state index is 11.3. The van der Waals surface area contributed by atoms with E-state index in [1.54, 1.807) is 23.9 Å². The molecule has 1 amide bonds. The Morgan fingerprint density at radius 1 is 1.50 bits per heavy atom. The van der Waals surface area contributed by atoms with Crippen molar-refractivity contribution in [2.75, 3.05) is 20.6 Å². The number of thiophene rings is 1. The Kier molecular flexibility index (Phi) is 3.61. The fourth-order valence-electron chi connectivity index (χ4n) is 1.93. The molecule has 0 bridgehead atoms.